The molecule has 1 aliphatic rings. The molecule has 0 bridgehead atoms. The summed E-state index contributed by atoms with van der Waals surface area (Å²) in [6.07, 6.45) is 5.11. The van der Waals surface area contributed by atoms with Crippen molar-refractivity contribution in [1.82, 2.24) is 0 Å². The van der Waals surface area contributed by atoms with Gasteiger partial charge in [0.2, 0.25) is 0 Å². The van der Waals surface area contributed by atoms with E-state index < -0.39 is 12.2 Å². The van der Waals surface area contributed by atoms with Crippen molar-refractivity contribution >= 4 is 0 Å². The van der Waals surface area contributed by atoms with Gasteiger partial charge in [-0.2, -0.15) is 0 Å². The summed E-state index contributed by atoms with van der Waals surface area (Å²) in [5, 5.41) is 0. The Morgan fingerprint density at radius 1 is 1.40 bits per heavy atom. The van der Waals surface area contributed by atoms with Crippen LogP contribution in [0.2, 0.25) is 0 Å². The van der Waals surface area contributed by atoms with Crippen molar-refractivity contribution in [1.29, 1.82) is 0 Å². The molecule has 0 saturated heterocycles. The second kappa shape index (κ2) is 3.17. The third kappa shape index (κ3) is 1.39. The molecule has 1 aliphatic carbocycles. The smallest absolute Gasteiger partial charge is 0.171 e. The molecule has 2 heteroatoms. The molecule has 58 valence electrons. The van der Waals surface area contributed by atoms with Crippen LogP contribution in [0.4, 0.5) is 0 Å². The van der Waals surface area contributed by atoms with Crippen molar-refractivity contribution < 1.29 is 10.8 Å². The Balaban J connectivity index is 2.73. The van der Waals surface area contributed by atoms with Crippen LogP contribution in [0.3, 0.4) is 0 Å². The van der Waals surface area contributed by atoms with Crippen molar-refractivity contribution in [3.05, 3.63) is 12.2 Å². The second-order valence-electron chi connectivity index (χ2n) is 2.35. The maximum Gasteiger partial charge on any atom is 0.171 e. The summed E-state index contributed by atoms with van der Waals surface area (Å²) in [5.74, 6) is -0.700. The van der Waals surface area contributed by atoms with Crippen LogP contribution in [0.1, 0.15) is 20.6 Å². The molecule has 0 amide bonds. The van der Waals surface area contributed by atoms with Gasteiger partial charge in [-0.15, -0.1) is 0 Å². The van der Waals surface area contributed by atoms with Gasteiger partial charge in [-0.3, -0.25) is 0 Å². The van der Waals surface area contributed by atoms with Gasteiger partial charge in [-0.05, 0) is 6.42 Å². The monoisotopic (exact) mass is 143 g/mol. The van der Waals surface area contributed by atoms with Crippen LogP contribution in [0.25, 0.3) is 0 Å². The third-order valence-corrected chi connectivity index (χ3v) is 1.84. The Hall–Kier alpha value is -0.340. The Kier molecular flexibility index (Phi) is 2.02. The van der Waals surface area contributed by atoms with Gasteiger partial charge in [0, 0.05) is 28.4 Å². The summed E-state index contributed by atoms with van der Waals surface area (Å²) < 4.78 is 18.0. The zero-order valence-electron chi connectivity index (χ0n) is 7.46. The molecular formula is C8H14O2. The van der Waals surface area contributed by atoms with Gasteiger partial charge in [0.1, 0.15) is 0 Å². The molecule has 0 aromatic heterocycles. The van der Waals surface area contributed by atoms with E-state index in [1.54, 1.807) is 14.2 Å². The fourth-order valence-corrected chi connectivity index (χ4v) is 1.10. The molecule has 10 heavy (non-hydrogen) atoms. The van der Waals surface area contributed by atoms with Crippen molar-refractivity contribution in [2.24, 2.45) is 0 Å². The Morgan fingerprint density at radius 3 is 2.50 bits per heavy atom. The Labute approximate surface area is 63.2 Å². The predicted molar refractivity (Wildman–Crippen MR) is 39.7 cm³/mol. The van der Waals surface area contributed by atoms with Gasteiger partial charge in [-0.25, -0.2) is 0 Å². The molecule has 1 unspecified atom stereocenters. The summed E-state index contributed by atoms with van der Waals surface area (Å²) in [6, 6.07) is 0. The van der Waals surface area contributed by atoms with Crippen LogP contribution in [-0.2, 0) is 9.47 Å². The SMILES string of the molecule is [2H]C1C=CCCC1(OC)OC. The Morgan fingerprint density at radius 2 is 2.10 bits per heavy atom. The first kappa shape index (κ1) is 6.38. The number of methoxy groups -OCH3 is 2. The van der Waals surface area contributed by atoms with Crippen LogP contribution < -0.4 is 0 Å². The number of allylic oxidation sites excluding steroid dienone is 1. The molecule has 0 heterocycles. The minimum Gasteiger partial charge on any atom is -0.353 e. The van der Waals surface area contributed by atoms with Crippen LogP contribution >= 0.6 is 0 Å². The molecule has 0 fully saturated rings. The fraction of sp³-hybridized carbons (Fsp3) is 0.750. The fourth-order valence-electron chi connectivity index (χ4n) is 1.10. The van der Waals surface area contributed by atoms with E-state index in [0.29, 0.717) is 0 Å². The van der Waals surface area contributed by atoms with Gasteiger partial charge >= 0.3 is 0 Å². The normalized spacial score (nSPS) is 31.8. The summed E-state index contributed by atoms with van der Waals surface area (Å²) >= 11 is 0. The molecule has 0 aliphatic heterocycles. The van der Waals surface area contributed by atoms with E-state index in [9.17, 15) is 0 Å². The highest BCUT2D eigenvalue weighted by atomic mass is 16.7. The average Bonchev–Trinajstić information content (AvgIpc) is 2.06. The van der Waals surface area contributed by atoms with Gasteiger partial charge in [0.15, 0.2) is 5.79 Å². The van der Waals surface area contributed by atoms with E-state index in [1.807, 2.05) is 12.2 Å². The number of hydrogen-bond acceptors (Lipinski definition) is 2. The van der Waals surface area contributed by atoms with E-state index >= 15 is 0 Å². The standard InChI is InChI=1S/C8H14O2/c1-9-8(10-2)6-4-3-5-7-8/h3-4H,5-7H2,1-2H3/i6D. The van der Waals surface area contributed by atoms with Crippen LogP contribution in [0.15, 0.2) is 12.2 Å². The van der Waals surface area contributed by atoms with Crippen molar-refractivity contribution in [3.8, 4) is 0 Å². The third-order valence-electron chi connectivity index (χ3n) is 1.84. The maximum atomic E-state index is 7.64. The zero-order chi connectivity index (χ0) is 8.32. The van der Waals surface area contributed by atoms with Crippen molar-refractivity contribution in [3.63, 3.8) is 0 Å². The summed E-state index contributed by atoms with van der Waals surface area (Å²) in [5.41, 5.74) is 0. The molecule has 0 spiro atoms. The lowest BCUT2D eigenvalue weighted by atomic mass is 10.0. The van der Waals surface area contributed by atoms with Gasteiger partial charge in [0.25, 0.3) is 0 Å². The number of hydrogen-bond donors (Lipinski definition) is 0. The molecule has 0 aromatic rings. The molecule has 1 rings (SSSR count). The van der Waals surface area contributed by atoms with Gasteiger partial charge in [-0.1, -0.05) is 12.2 Å². The average molecular weight is 143 g/mol. The van der Waals surface area contributed by atoms with E-state index in [-0.39, 0.29) is 0 Å². The lowest BCUT2D eigenvalue weighted by molar-refractivity contribution is -0.209. The molecule has 0 saturated carbocycles. The lowest BCUT2D eigenvalue weighted by Gasteiger charge is -2.31. The summed E-state index contributed by atoms with van der Waals surface area (Å²) in [6.45, 7) is 0. The molecule has 0 N–H and O–H groups in total. The highest BCUT2D eigenvalue weighted by Gasteiger charge is 2.28. The molecule has 0 radical (unpaired) electrons. The lowest BCUT2D eigenvalue weighted by Crippen LogP contribution is -2.34. The maximum absolute atomic E-state index is 7.64. The minimum atomic E-state index is -0.700. The Bertz CT molecular complexity index is 152. The first-order valence-corrected chi connectivity index (χ1v) is 3.44. The highest BCUT2D eigenvalue weighted by molar-refractivity contribution is 4.94. The number of ether oxygens (including phenoxy) is 2. The predicted octanol–water partition coefficient (Wildman–Crippen LogP) is 1.72. The van der Waals surface area contributed by atoms with E-state index in [0.717, 1.165) is 12.8 Å². The van der Waals surface area contributed by atoms with Crippen LogP contribution in [0, 0.1) is 0 Å². The molecule has 0 aromatic carbocycles. The molecule has 2 nitrogen and oxygen atoms in total. The molecule has 1 atom stereocenters. The van der Waals surface area contributed by atoms with E-state index in [1.165, 1.54) is 0 Å². The quantitative estimate of drug-likeness (QED) is 0.433. The highest BCUT2D eigenvalue weighted by Crippen LogP contribution is 2.26. The van der Waals surface area contributed by atoms with Gasteiger partial charge in [0.05, 0.1) is 0 Å². The van der Waals surface area contributed by atoms with E-state index in [2.05, 4.69) is 0 Å². The van der Waals surface area contributed by atoms with E-state index in [4.69, 9.17) is 10.8 Å². The van der Waals surface area contributed by atoms with Crippen molar-refractivity contribution in [2.75, 3.05) is 14.2 Å². The zero-order valence-corrected chi connectivity index (χ0v) is 6.46. The van der Waals surface area contributed by atoms with Gasteiger partial charge < -0.3 is 9.47 Å². The first-order chi connectivity index (χ1) is 5.25. The van der Waals surface area contributed by atoms with Crippen molar-refractivity contribution in [2.45, 2.75) is 25.0 Å². The second-order valence-corrected chi connectivity index (χ2v) is 2.35. The van der Waals surface area contributed by atoms with Crippen LogP contribution in [-0.4, -0.2) is 20.0 Å². The first-order valence-electron chi connectivity index (χ1n) is 4.02. The topological polar surface area (TPSA) is 18.5 Å². The number of rotatable bonds is 2. The molecular weight excluding hydrogens is 128 g/mol. The minimum absolute atomic E-state index is 0.397. The largest absolute Gasteiger partial charge is 0.353 e. The summed E-state index contributed by atoms with van der Waals surface area (Å²) in [4.78, 5) is 0. The van der Waals surface area contributed by atoms with Crippen LogP contribution in [0.5, 0.6) is 0 Å². The summed E-state index contributed by atoms with van der Waals surface area (Å²) in [7, 11) is 3.18.